The van der Waals surface area contributed by atoms with Gasteiger partial charge in [0.05, 0.1) is 22.8 Å². The lowest BCUT2D eigenvalue weighted by Crippen LogP contribution is -2.40. The third-order valence-corrected chi connectivity index (χ3v) is 7.30. The third-order valence-electron chi connectivity index (χ3n) is 6.67. The van der Waals surface area contributed by atoms with Gasteiger partial charge in [-0.1, -0.05) is 41.3 Å². The zero-order valence-electron chi connectivity index (χ0n) is 15.8. The van der Waals surface area contributed by atoms with Gasteiger partial charge >= 0.3 is 0 Å². The van der Waals surface area contributed by atoms with E-state index in [0.717, 1.165) is 37.0 Å². The molecule has 3 fully saturated rings. The Kier molecular flexibility index (Phi) is 4.57. The lowest BCUT2D eigenvalue weighted by molar-refractivity contribution is -0.134. The first kappa shape index (κ1) is 18.7. The number of Topliss-reactive ketones (excluding diaryl/α,β-unsaturated/α-hetero) is 1. The SMILES string of the molecule is CC12CC[C@H](CC(=O)C1)C2OCc1c(-c2c(Cl)cccc2Cl)noc1C1CC1. The van der Waals surface area contributed by atoms with Crippen molar-refractivity contribution in [2.45, 2.75) is 64.1 Å². The highest BCUT2D eigenvalue weighted by molar-refractivity contribution is 6.39. The van der Waals surface area contributed by atoms with E-state index < -0.39 is 0 Å². The normalized spacial score (nSPS) is 29.5. The van der Waals surface area contributed by atoms with E-state index in [9.17, 15) is 4.79 Å². The van der Waals surface area contributed by atoms with Crippen molar-refractivity contribution in [2.24, 2.45) is 11.3 Å². The van der Waals surface area contributed by atoms with Gasteiger partial charge in [-0.25, -0.2) is 0 Å². The number of ketones is 1. The highest BCUT2D eigenvalue weighted by Crippen LogP contribution is 2.52. The molecule has 5 rings (SSSR count). The second kappa shape index (κ2) is 6.86. The molecule has 0 radical (unpaired) electrons. The minimum Gasteiger partial charge on any atom is -0.372 e. The van der Waals surface area contributed by atoms with E-state index in [1.54, 1.807) is 0 Å². The number of benzene rings is 1. The lowest BCUT2D eigenvalue weighted by Gasteiger charge is -2.37. The number of hydrogen-bond acceptors (Lipinski definition) is 4. The molecule has 3 saturated carbocycles. The quantitative estimate of drug-likeness (QED) is 0.579. The van der Waals surface area contributed by atoms with Gasteiger partial charge in [0, 0.05) is 35.3 Å². The molecule has 3 aliphatic rings. The fraction of sp³-hybridized carbons (Fsp3) is 0.545. The molecule has 0 saturated heterocycles. The van der Waals surface area contributed by atoms with Crippen LogP contribution in [0.4, 0.5) is 0 Å². The molecule has 3 aliphatic carbocycles. The van der Waals surface area contributed by atoms with Crippen molar-refractivity contribution in [3.63, 3.8) is 0 Å². The number of ether oxygens (including phenoxy) is 1. The summed E-state index contributed by atoms with van der Waals surface area (Å²) in [5.41, 5.74) is 2.28. The summed E-state index contributed by atoms with van der Waals surface area (Å²) < 4.78 is 12.2. The summed E-state index contributed by atoms with van der Waals surface area (Å²) in [4.78, 5) is 12.1. The lowest BCUT2D eigenvalue weighted by atomic mass is 9.74. The molecule has 3 atom stereocenters. The summed E-state index contributed by atoms with van der Waals surface area (Å²) in [7, 11) is 0. The number of nitrogens with zero attached hydrogens (tertiary/aromatic N) is 1. The number of aromatic nitrogens is 1. The zero-order chi connectivity index (χ0) is 19.5. The minimum absolute atomic E-state index is 0.0564. The molecule has 4 nitrogen and oxygen atoms in total. The van der Waals surface area contributed by atoms with Crippen molar-refractivity contribution >= 4 is 29.0 Å². The molecule has 0 aliphatic heterocycles. The third kappa shape index (κ3) is 3.10. The Hall–Kier alpha value is -1.36. The first-order valence-corrected chi connectivity index (χ1v) is 10.8. The number of carbonyl (C=O) groups excluding carboxylic acids is 1. The van der Waals surface area contributed by atoms with Crippen LogP contribution >= 0.6 is 23.2 Å². The molecule has 0 N–H and O–H groups in total. The summed E-state index contributed by atoms with van der Waals surface area (Å²) in [5, 5.41) is 5.45. The Bertz CT molecular complexity index is 916. The first-order chi connectivity index (χ1) is 13.5. The van der Waals surface area contributed by atoms with E-state index >= 15 is 0 Å². The Morgan fingerprint density at radius 3 is 2.68 bits per heavy atom. The minimum atomic E-state index is -0.0564. The second-order valence-electron chi connectivity index (χ2n) is 8.85. The number of hydrogen-bond donors (Lipinski definition) is 0. The van der Waals surface area contributed by atoms with Gasteiger partial charge in [0.1, 0.15) is 17.2 Å². The van der Waals surface area contributed by atoms with Gasteiger partial charge in [-0.3, -0.25) is 4.79 Å². The summed E-state index contributed by atoms with van der Waals surface area (Å²) >= 11 is 12.9. The van der Waals surface area contributed by atoms with Crippen molar-refractivity contribution < 1.29 is 14.1 Å². The van der Waals surface area contributed by atoms with Gasteiger partial charge in [-0.15, -0.1) is 0 Å². The van der Waals surface area contributed by atoms with E-state index in [4.69, 9.17) is 32.5 Å². The average molecular weight is 420 g/mol. The van der Waals surface area contributed by atoms with Gasteiger partial charge in [0.25, 0.3) is 0 Å². The highest BCUT2D eigenvalue weighted by Gasteiger charge is 2.51. The van der Waals surface area contributed by atoms with Crippen LogP contribution in [0.3, 0.4) is 0 Å². The highest BCUT2D eigenvalue weighted by atomic mass is 35.5. The molecular formula is C22H23Cl2NO3. The van der Waals surface area contributed by atoms with Crippen LogP contribution in [0.25, 0.3) is 11.3 Å². The van der Waals surface area contributed by atoms with E-state index in [1.165, 1.54) is 0 Å². The van der Waals surface area contributed by atoms with Crippen molar-refractivity contribution in [3.8, 4) is 11.3 Å². The monoisotopic (exact) mass is 419 g/mol. The molecule has 2 aromatic rings. The number of carbonyl (C=O) groups is 1. The van der Waals surface area contributed by atoms with Gasteiger partial charge < -0.3 is 9.26 Å². The van der Waals surface area contributed by atoms with E-state index in [-0.39, 0.29) is 11.5 Å². The van der Waals surface area contributed by atoms with Gasteiger partial charge in [0.15, 0.2) is 0 Å². The first-order valence-electron chi connectivity index (χ1n) is 10.0. The van der Waals surface area contributed by atoms with Crippen molar-refractivity contribution in [1.82, 2.24) is 5.16 Å². The summed E-state index contributed by atoms with van der Waals surface area (Å²) in [6.45, 7) is 2.60. The molecule has 6 heteroatoms. The molecule has 2 bridgehead atoms. The van der Waals surface area contributed by atoms with Crippen LogP contribution < -0.4 is 0 Å². The van der Waals surface area contributed by atoms with Gasteiger partial charge in [-0.2, -0.15) is 0 Å². The molecule has 28 heavy (non-hydrogen) atoms. The van der Waals surface area contributed by atoms with E-state index in [1.807, 2.05) is 18.2 Å². The second-order valence-corrected chi connectivity index (χ2v) is 9.66. The molecular weight excluding hydrogens is 397 g/mol. The topological polar surface area (TPSA) is 52.3 Å². The van der Waals surface area contributed by atoms with Crippen LogP contribution in [0.1, 0.15) is 62.7 Å². The molecule has 1 aromatic carbocycles. The van der Waals surface area contributed by atoms with E-state index in [2.05, 4.69) is 12.1 Å². The van der Waals surface area contributed by atoms with Crippen LogP contribution in [0.15, 0.2) is 22.7 Å². The zero-order valence-corrected chi connectivity index (χ0v) is 17.4. The molecule has 1 aromatic heterocycles. The van der Waals surface area contributed by atoms with Crippen LogP contribution in [-0.2, 0) is 16.1 Å². The van der Waals surface area contributed by atoms with E-state index in [0.29, 0.717) is 58.4 Å². The smallest absolute Gasteiger partial charge is 0.145 e. The fourth-order valence-electron chi connectivity index (χ4n) is 5.15. The van der Waals surface area contributed by atoms with Crippen LogP contribution in [0, 0.1) is 11.3 Å². The average Bonchev–Trinajstić information content (AvgIpc) is 3.36. The van der Waals surface area contributed by atoms with Crippen molar-refractivity contribution in [1.29, 1.82) is 0 Å². The maximum absolute atomic E-state index is 12.1. The molecule has 1 heterocycles. The molecule has 148 valence electrons. The number of rotatable bonds is 5. The Balaban J connectivity index is 1.47. The maximum Gasteiger partial charge on any atom is 0.145 e. The molecule has 0 spiro atoms. The van der Waals surface area contributed by atoms with Crippen molar-refractivity contribution in [2.75, 3.05) is 0 Å². The van der Waals surface area contributed by atoms with Crippen LogP contribution in [-0.4, -0.2) is 17.0 Å². The summed E-state index contributed by atoms with van der Waals surface area (Å²) in [6.07, 6.45) is 5.69. The maximum atomic E-state index is 12.1. The van der Waals surface area contributed by atoms with Crippen molar-refractivity contribution in [3.05, 3.63) is 39.6 Å². The standard InChI is InChI=1S/C22H23Cl2NO3/c1-22-8-7-13(9-14(26)10-22)21(22)27-11-15-19(25-28-20(15)12-5-6-12)18-16(23)3-2-4-17(18)24/h2-4,12-13,21H,5-11H2,1H3/t13-,21?,22?/m1/s1. The Morgan fingerprint density at radius 2 is 2.00 bits per heavy atom. The van der Waals surface area contributed by atoms with Gasteiger partial charge in [-0.05, 0) is 43.7 Å². The predicted molar refractivity (Wildman–Crippen MR) is 108 cm³/mol. The molecule has 2 unspecified atom stereocenters. The fourth-order valence-corrected chi connectivity index (χ4v) is 5.73. The van der Waals surface area contributed by atoms with Crippen LogP contribution in [0.2, 0.25) is 10.0 Å². The summed E-state index contributed by atoms with van der Waals surface area (Å²) in [6, 6.07) is 5.45. The number of halogens is 2. The molecule has 0 amide bonds. The van der Waals surface area contributed by atoms with Crippen LogP contribution in [0.5, 0.6) is 0 Å². The largest absolute Gasteiger partial charge is 0.372 e. The Labute approximate surface area is 174 Å². The number of fused-ring (bicyclic) bond motifs is 2. The van der Waals surface area contributed by atoms with Gasteiger partial charge in [0.2, 0.25) is 0 Å². The Morgan fingerprint density at radius 1 is 1.25 bits per heavy atom. The summed E-state index contributed by atoms with van der Waals surface area (Å²) in [5.74, 6) is 2.00. The predicted octanol–water partition coefficient (Wildman–Crippen LogP) is 6.19.